The first-order valence-corrected chi connectivity index (χ1v) is 5.68. The number of amides is 1. The molecule has 0 aliphatic carbocycles. The maximum atomic E-state index is 12.0. The highest BCUT2D eigenvalue weighted by molar-refractivity contribution is 6.07. The number of hydrogen-bond acceptors (Lipinski definition) is 4. The van der Waals surface area contributed by atoms with Gasteiger partial charge in [0.1, 0.15) is 12.3 Å². The van der Waals surface area contributed by atoms with Crippen LogP contribution in [0.25, 0.3) is 10.8 Å². The zero-order valence-corrected chi connectivity index (χ0v) is 10.3. The van der Waals surface area contributed by atoms with Gasteiger partial charge in [0.25, 0.3) is 5.91 Å². The Morgan fingerprint density at radius 2 is 2.05 bits per heavy atom. The number of rotatable bonds is 3. The summed E-state index contributed by atoms with van der Waals surface area (Å²) in [7, 11) is 1.25. The number of methoxy groups -OCH3 is 1. The number of carbonyl (C=O) groups is 2. The van der Waals surface area contributed by atoms with Gasteiger partial charge in [-0.1, -0.05) is 18.2 Å². The Balaban J connectivity index is 2.31. The fraction of sp³-hybridized carbons (Fsp3) is 0.143. The van der Waals surface area contributed by atoms with Gasteiger partial charge in [0.05, 0.1) is 7.11 Å². The Morgan fingerprint density at radius 3 is 2.79 bits per heavy atom. The van der Waals surface area contributed by atoms with Crippen LogP contribution in [0.15, 0.2) is 36.4 Å². The number of phenols is 1. The van der Waals surface area contributed by atoms with E-state index in [4.69, 9.17) is 0 Å². The van der Waals surface area contributed by atoms with Gasteiger partial charge in [0, 0.05) is 5.56 Å². The van der Waals surface area contributed by atoms with Crippen molar-refractivity contribution in [2.45, 2.75) is 0 Å². The number of ether oxygens (including phenoxy) is 1. The molecule has 0 aliphatic heterocycles. The molecule has 2 N–H and O–H groups in total. The summed E-state index contributed by atoms with van der Waals surface area (Å²) in [6, 6.07) is 10.0. The molecule has 19 heavy (non-hydrogen) atoms. The summed E-state index contributed by atoms with van der Waals surface area (Å²) in [5.74, 6) is -0.821. The molecule has 2 rings (SSSR count). The smallest absolute Gasteiger partial charge is 0.325 e. The first-order valence-electron chi connectivity index (χ1n) is 5.68. The summed E-state index contributed by atoms with van der Waals surface area (Å²) in [5, 5.41) is 13.4. The van der Waals surface area contributed by atoms with Crippen LogP contribution in [0, 0.1) is 0 Å². The number of phenolic OH excluding ortho intramolecular Hbond substituents is 1. The van der Waals surface area contributed by atoms with Crippen molar-refractivity contribution in [3.63, 3.8) is 0 Å². The van der Waals surface area contributed by atoms with Gasteiger partial charge in [0.15, 0.2) is 0 Å². The van der Waals surface area contributed by atoms with Crippen molar-refractivity contribution in [2.24, 2.45) is 0 Å². The quantitative estimate of drug-likeness (QED) is 0.818. The SMILES string of the molecule is COC(=O)CNC(=O)c1cccc2ccc(O)cc12. The molecule has 98 valence electrons. The minimum atomic E-state index is -0.517. The van der Waals surface area contributed by atoms with Gasteiger partial charge in [-0.25, -0.2) is 0 Å². The van der Waals surface area contributed by atoms with Crippen LogP contribution in [0.5, 0.6) is 5.75 Å². The summed E-state index contributed by atoms with van der Waals surface area (Å²) in [5.41, 5.74) is 0.400. The molecular formula is C14H13NO4. The Hall–Kier alpha value is -2.56. The first kappa shape index (κ1) is 12.9. The van der Waals surface area contributed by atoms with Crippen LogP contribution in [0.1, 0.15) is 10.4 Å². The van der Waals surface area contributed by atoms with Crippen LogP contribution in [-0.4, -0.2) is 30.6 Å². The predicted molar refractivity (Wildman–Crippen MR) is 70.0 cm³/mol. The molecule has 0 aliphatic rings. The van der Waals surface area contributed by atoms with Gasteiger partial charge >= 0.3 is 5.97 Å². The van der Waals surface area contributed by atoms with Crippen molar-refractivity contribution in [1.29, 1.82) is 0 Å². The summed E-state index contributed by atoms with van der Waals surface area (Å²) < 4.78 is 4.45. The number of nitrogens with one attached hydrogen (secondary N) is 1. The fourth-order valence-electron chi connectivity index (χ4n) is 1.78. The number of aromatic hydroxyl groups is 1. The third-order valence-electron chi connectivity index (χ3n) is 2.73. The molecule has 0 fully saturated rings. The second kappa shape index (κ2) is 5.39. The van der Waals surface area contributed by atoms with Crippen LogP contribution in [0.4, 0.5) is 0 Å². The predicted octanol–water partition coefficient (Wildman–Crippen LogP) is 1.45. The van der Waals surface area contributed by atoms with E-state index in [0.717, 1.165) is 5.39 Å². The standard InChI is InChI=1S/C14H13NO4/c1-19-13(17)8-15-14(18)11-4-2-3-9-5-6-10(16)7-12(9)11/h2-7,16H,8H2,1H3,(H,15,18). The lowest BCUT2D eigenvalue weighted by molar-refractivity contribution is -0.139. The van der Waals surface area contributed by atoms with Crippen LogP contribution in [0.3, 0.4) is 0 Å². The van der Waals surface area contributed by atoms with Gasteiger partial charge in [-0.2, -0.15) is 0 Å². The molecule has 1 amide bonds. The Kier molecular flexibility index (Phi) is 3.66. The van der Waals surface area contributed by atoms with Crippen molar-refractivity contribution in [3.05, 3.63) is 42.0 Å². The zero-order chi connectivity index (χ0) is 13.8. The largest absolute Gasteiger partial charge is 0.508 e. The normalized spacial score (nSPS) is 10.2. The number of esters is 1. The maximum absolute atomic E-state index is 12.0. The molecular weight excluding hydrogens is 246 g/mol. The van der Waals surface area contributed by atoms with E-state index < -0.39 is 5.97 Å². The van der Waals surface area contributed by atoms with E-state index >= 15 is 0 Å². The van der Waals surface area contributed by atoms with Gasteiger partial charge in [-0.15, -0.1) is 0 Å². The minimum Gasteiger partial charge on any atom is -0.508 e. The maximum Gasteiger partial charge on any atom is 0.325 e. The van der Waals surface area contributed by atoms with Crippen LogP contribution < -0.4 is 5.32 Å². The third kappa shape index (κ3) is 2.82. The highest BCUT2D eigenvalue weighted by Crippen LogP contribution is 2.23. The van der Waals surface area contributed by atoms with E-state index in [2.05, 4.69) is 10.1 Å². The minimum absolute atomic E-state index is 0.0840. The molecule has 5 heteroatoms. The third-order valence-corrected chi connectivity index (χ3v) is 2.73. The molecule has 2 aromatic carbocycles. The number of hydrogen-bond donors (Lipinski definition) is 2. The Labute approximate surface area is 109 Å². The van der Waals surface area contributed by atoms with E-state index in [9.17, 15) is 14.7 Å². The second-order valence-corrected chi connectivity index (χ2v) is 3.97. The van der Waals surface area contributed by atoms with Gasteiger partial charge in [-0.3, -0.25) is 9.59 Å². The van der Waals surface area contributed by atoms with E-state index in [-0.39, 0.29) is 18.2 Å². The fourth-order valence-corrected chi connectivity index (χ4v) is 1.78. The van der Waals surface area contributed by atoms with E-state index in [0.29, 0.717) is 10.9 Å². The first-order chi connectivity index (χ1) is 9.11. The molecule has 0 atom stereocenters. The molecule has 0 radical (unpaired) electrons. The molecule has 0 saturated carbocycles. The molecule has 0 spiro atoms. The van der Waals surface area contributed by atoms with Gasteiger partial charge < -0.3 is 15.2 Å². The van der Waals surface area contributed by atoms with Gasteiger partial charge in [-0.05, 0) is 29.0 Å². The Morgan fingerprint density at radius 1 is 1.26 bits per heavy atom. The summed E-state index contributed by atoms with van der Waals surface area (Å²) in [6.45, 7) is -0.190. The molecule has 0 heterocycles. The van der Waals surface area contributed by atoms with Crippen LogP contribution in [0.2, 0.25) is 0 Å². The summed E-state index contributed by atoms with van der Waals surface area (Å²) in [4.78, 5) is 23.0. The van der Waals surface area contributed by atoms with Crippen LogP contribution >= 0.6 is 0 Å². The number of fused-ring (bicyclic) bond motifs is 1. The van der Waals surface area contributed by atoms with Gasteiger partial charge in [0.2, 0.25) is 0 Å². The van der Waals surface area contributed by atoms with Crippen molar-refractivity contribution < 1.29 is 19.4 Å². The zero-order valence-electron chi connectivity index (χ0n) is 10.3. The average Bonchev–Trinajstić information content (AvgIpc) is 2.43. The lowest BCUT2D eigenvalue weighted by atomic mass is 10.0. The van der Waals surface area contributed by atoms with E-state index in [1.54, 1.807) is 24.3 Å². The molecule has 0 unspecified atom stereocenters. The Bertz CT molecular complexity index is 636. The highest BCUT2D eigenvalue weighted by Gasteiger charge is 2.11. The van der Waals surface area contributed by atoms with Crippen molar-refractivity contribution in [1.82, 2.24) is 5.32 Å². The topological polar surface area (TPSA) is 75.6 Å². The molecule has 2 aromatic rings. The molecule has 0 aromatic heterocycles. The van der Waals surface area contributed by atoms with E-state index in [1.165, 1.54) is 13.2 Å². The molecule has 5 nitrogen and oxygen atoms in total. The van der Waals surface area contributed by atoms with Crippen molar-refractivity contribution in [3.8, 4) is 5.75 Å². The summed E-state index contributed by atoms with van der Waals surface area (Å²) in [6.07, 6.45) is 0. The summed E-state index contributed by atoms with van der Waals surface area (Å²) >= 11 is 0. The van der Waals surface area contributed by atoms with Crippen LogP contribution in [-0.2, 0) is 9.53 Å². The second-order valence-electron chi connectivity index (χ2n) is 3.97. The monoisotopic (exact) mass is 259 g/mol. The van der Waals surface area contributed by atoms with Crippen molar-refractivity contribution in [2.75, 3.05) is 13.7 Å². The lowest BCUT2D eigenvalue weighted by Crippen LogP contribution is -2.30. The number of benzene rings is 2. The molecule has 0 saturated heterocycles. The number of carbonyl (C=O) groups excluding carboxylic acids is 2. The van der Waals surface area contributed by atoms with Crippen molar-refractivity contribution >= 4 is 22.6 Å². The highest BCUT2D eigenvalue weighted by atomic mass is 16.5. The molecule has 0 bridgehead atoms. The van der Waals surface area contributed by atoms with E-state index in [1.807, 2.05) is 6.07 Å². The average molecular weight is 259 g/mol. The lowest BCUT2D eigenvalue weighted by Gasteiger charge is -2.07.